The SMILES string of the molecule is CC(=O)N1CC(OC(=O)NCCC=O)C1. The molecule has 1 aliphatic heterocycles. The Kier molecular flexibility index (Phi) is 4.08. The molecule has 0 saturated carbocycles. The number of ether oxygens (including phenoxy) is 1. The monoisotopic (exact) mass is 214 g/mol. The number of nitrogens with zero attached hydrogens (tertiary/aromatic N) is 1. The molecule has 0 radical (unpaired) electrons. The molecule has 6 nitrogen and oxygen atoms in total. The van der Waals surface area contributed by atoms with Crippen molar-refractivity contribution in [3.8, 4) is 0 Å². The molecule has 1 rings (SSSR count). The van der Waals surface area contributed by atoms with Crippen LogP contribution in [0.3, 0.4) is 0 Å². The third-order valence-electron chi connectivity index (χ3n) is 2.10. The van der Waals surface area contributed by atoms with E-state index < -0.39 is 6.09 Å². The van der Waals surface area contributed by atoms with E-state index in [4.69, 9.17) is 4.74 Å². The van der Waals surface area contributed by atoms with E-state index in [0.717, 1.165) is 6.29 Å². The van der Waals surface area contributed by atoms with Crippen molar-refractivity contribution in [3.63, 3.8) is 0 Å². The molecule has 15 heavy (non-hydrogen) atoms. The maximum Gasteiger partial charge on any atom is 0.407 e. The summed E-state index contributed by atoms with van der Waals surface area (Å²) in [6.07, 6.45) is 0.246. The van der Waals surface area contributed by atoms with Gasteiger partial charge in [-0.2, -0.15) is 0 Å². The van der Waals surface area contributed by atoms with Gasteiger partial charge in [0.25, 0.3) is 0 Å². The van der Waals surface area contributed by atoms with Gasteiger partial charge in [0.1, 0.15) is 12.4 Å². The summed E-state index contributed by atoms with van der Waals surface area (Å²) in [5, 5.41) is 2.43. The zero-order chi connectivity index (χ0) is 11.3. The Morgan fingerprint density at radius 3 is 2.73 bits per heavy atom. The van der Waals surface area contributed by atoms with Gasteiger partial charge in [0.05, 0.1) is 13.1 Å². The highest BCUT2D eigenvalue weighted by Crippen LogP contribution is 2.11. The largest absolute Gasteiger partial charge is 0.442 e. The lowest BCUT2D eigenvalue weighted by Gasteiger charge is -2.37. The van der Waals surface area contributed by atoms with Crippen LogP contribution in [-0.4, -0.2) is 48.9 Å². The summed E-state index contributed by atoms with van der Waals surface area (Å²) in [4.78, 5) is 33.4. The molecule has 0 atom stereocenters. The maximum absolute atomic E-state index is 11.0. The molecule has 0 aromatic rings. The first kappa shape index (κ1) is 11.5. The number of likely N-dealkylation sites (tertiary alicyclic amines) is 1. The fourth-order valence-electron chi connectivity index (χ4n) is 1.20. The summed E-state index contributed by atoms with van der Waals surface area (Å²) in [6, 6.07) is 0. The first-order valence-corrected chi connectivity index (χ1v) is 4.77. The van der Waals surface area contributed by atoms with E-state index in [1.165, 1.54) is 6.92 Å². The van der Waals surface area contributed by atoms with Gasteiger partial charge in [0.2, 0.25) is 5.91 Å². The maximum atomic E-state index is 11.0. The van der Waals surface area contributed by atoms with Gasteiger partial charge in [0.15, 0.2) is 0 Å². The molecule has 84 valence electrons. The number of hydrogen-bond acceptors (Lipinski definition) is 4. The van der Waals surface area contributed by atoms with Crippen LogP contribution >= 0.6 is 0 Å². The summed E-state index contributed by atoms with van der Waals surface area (Å²) in [7, 11) is 0. The molecular weight excluding hydrogens is 200 g/mol. The minimum absolute atomic E-state index is 0.0174. The first-order chi connectivity index (χ1) is 7.13. The number of nitrogens with one attached hydrogen (secondary N) is 1. The highest BCUT2D eigenvalue weighted by molar-refractivity contribution is 5.74. The number of alkyl carbamates (subject to hydrolysis) is 1. The van der Waals surface area contributed by atoms with Crippen molar-refractivity contribution >= 4 is 18.3 Å². The normalized spacial score (nSPS) is 15.4. The summed E-state index contributed by atoms with van der Waals surface area (Å²) < 4.78 is 4.95. The smallest absolute Gasteiger partial charge is 0.407 e. The number of aldehydes is 1. The summed E-state index contributed by atoms with van der Waals surface area (Å²) in [5.41, 5.74) is 0. The van der Waals surface area contributed by atoms with Crippen LogP contribution in [0.25, 0.3) is 0 Å². The van der Waals surface area contributed by atoms with Crippen LogP contribution in [0, 0.1) is 0 Å². The Morgan fingerprint density at radius 1 is 1.53 bits per heavy atom. The topological polar surface area (TPSA) is 75.7 Å². The van der Waals surface area contributed by atoms with Crippen LogP contribution in [0.5, 0.6) is 0 Å². The summed E-state index contributed by atoms with van der Waals surface area (Å²) in [5.74, 6) is -0.0174. The van der Waals surface area contributed by atoms with Gasteiger partial charge in [0, 0.05) is 19.9 Å². The minimum atomic E-state index is -0.537. The Morgan fingerprint density at radius 2 is 2.20 bits per heavy atom. The van der Waals surface area contributed by atoms with Crippen LogP contribution in [0.1, 0.15) is 13.3 Å². The molecular formula is C9H14N2O4. The molecule has 1 N–H and O–H groups in total. The third-order valence-corrected chi connectivity index (χ3v) is 2.10. The fraction of sp³-hybridized carbons (Fsp3) is 0.667. The highest BCUT2D eigenvalue weighted by Gasteiger charge is 2.31. The van der Waals surface area contributed by atoms with Crippen LogP contribution in [0.2, 0.25) is 0 Å². The molecule has 0 unspecified atom stereocenters. The lowest BCUT2D eigenvalue weighted by atomic mass is 10.2. The Bertz CT molecular complexity index is 261. The van der Waals surface area contributed by atoms with Crippen molar-refractivity contribution < 1.29 is 19.1 Å². The van der Waals surface area contributed by atoms with E-state index in [9.17, 15) is 14.4 Å². The van der Waals surface area contributed by atoms with Gasteiger partial charge in [-0.05, 0) is 0 Å². The molecule has 1 heterocycles. The van der Waals surface area contributed by atoms with Gasteiger partial charge < -0.3 is 19.7 Å². The number of hydrogen-bond donors (Lipinski definition) is 1. The molecule has 1 saturated heterocycles. The van der Waals surface area contributed by atoms with Crippen LogP contribution < -0.4 is 5.32 Å². The van der Waals surface area contributed by atoms with Crippen molar-refractivity contribution in [1.82, 2.24) is 10.2 Å². The van der Waals surface area contributed by atoms with Gasteiger partial charge in [-0.15, -0.1) is 0 Å². The van der Waals surface area contributed by atoms with E-state index >= 15 is 0 Å². The fourth-order valence-corrected chi connectivity index (χ4v) is 1.20. The molecule has 1 aliphatic rings. The van der Waals surface area contributed by atoms with E-state index in [0.29, 0.717) is 13.1 Å². The molecule has 0 aromatic carbocycles. The lowest BCUT2D eigenvalue weighted by molar-refractivity contribution is -0.138. The van der Waals surface area contributed by atoms with Gasteiger partial charge in [-0.3, -0.25) is 4.79 Å². The Balaban J connectivity index is 2.08. The van der Waals surface area contributed by atoms with Gasteiger partial charge >= 0.3 is 6.09 Å². The van der Waals surface area contributed by atoms with Crippen LogP contribution in [0.15, 0.2) is 0 Å². The quantitative estimate of drug-likeness (QED) is 0.507. The first-order valence-electron chi connectivity index (χ1n) is 4.77. The van der Waals surface area contributed by atoms with Crippen molar-refractivity contribution in [3.05, 3.63) is 0 Å². The molecule has 2 amide bonds. The van der Waals surface area contributed by atoms with Gasteiger partial charge in [-0.1, -0.05) is 0 Å². The summed E-state index contributed by atoms with van der Waals surface area (Å²) in [6.45, 7) is 2.67. The van der Waals surface area contributed by atoms with Crippen molar-refractivity contribution in [2.75, 3.05) is 19.6 Å². The van der Waals surface area contributed by atoms with Crippen LogP contribution in [0.4, 0.5) is 4.79 Å². The average molecular weight is 214 g/mol. The molecule has 0 spiro atoms. The molecule has 0 aromatic heterocycles. The molecule has 6 heteroatoms. The number of carbonyl (C=O) groups excluding carboxylic acids is 3. The second-order valence-electron chi connectivity index (χ2n) is 3.33. The zero-order valence-electron chi connectivity index (χ0n) is 8.56. The predicted octanol–water partition coefficient (Wildman–Crippen LogP) is -0.468. The molecule has 1 fully saturated rings. The third kappa shape index (κ3) is 3.57. The molecule has 0 bridgehead atoms. The summed E-state index contributed by atoms with van der Waals surface area (Å²) >= 11 is 0. The van der Waals surface area contributed by atoms with Crippen molar-refractivity contribution in [1.29, 1.82) is 0 Å². The van der Waals surface area contributed by atoms with Crippen molar-refractivity contribution in [2.24, 2.45) is 0 Å². The second-order valence-corrected chi connectivity index (χ2v) is 3.33. The molecule has 0 aliphatic carbocycles. The number of carbonyl (C=O) groups is 3. The van der Waals surface area contributed by atoms with Gasteiger partial charge in [-0.25, -0.2) is 4.79 Å². The second kappa shape index (κ2) is 5.33. The van der Waals surface area contributed by atoms with Crippen molar-refractivity contribution in [2.45, 2.75) is 19.4 Å². The van der Waals surface area contributed by atoms with Crippen LogP contribution in [-0.2, 0) is 14.3 Å². The number of amides is 2. The van der Waals surface area contributed by atoms with E-state index in [1.807, 2.05) is 0 Å². The highest BCUT2D eigenvalue weighted by atomic mass is 16.6. The Hall–Kier alpha value is -1.59. The van der Waals surface area contributed by atoms with E-state index in [2.05, 4.69) is 5.32 Å². The Labute approximate surface area is 87.6 Å². The predicted molar refractivity (Wildman–Crippen MR) is 51.2 cm³/mol. The van der Waals surface area contributed by atoms with E-state index in [-0.39, 0.29) is 25.0 Å². The number of rotatable bonds is 4. The lowest BCUT2D eigenvalue weighted by Crippen LogP contribution is -2.55. The van der Waals surface area contributed by atoms with E-state index in [1.54, 1.807) is 4.90 Å². The minimum Gasteiger partial charge on any atom is -0.442 e. The average Bonchev–Trinajstić information content (AvgIpc) is 2.10. The zero-order valence-corrected chi connectivity index (χ0v) is 8.56. The standard InChI is InChI=1S/C9H14N2O4/c1-7(13)11-5-8(6-11)15-9(14)10-3-2-4-12/h4,8H,2-3,5-6H2,1H3,(H,10,14).